The van der Waals surface area contributed by atoms with Crippen molar-refractivity contribution in [1.82, 2.24) is 15.2 Å². The second-order valence-electron chi connectivity index (χ2n) is 4.58. The van der Waals surface area contributed by atoms with E-state index < -0.39 is 0 Å². The third kappa shape index (κ3) is 2.76. The van der Waals surface area contributed by atoms with Gasteiger partial charge in [-0.2, -0.15) is 0 Å². The largest absolute Gasteiger partial charge is 0.305 e. The number of aromatic nitrogens is 1. The predicted molar refractivity (Wildman–Crippen MR) is 69.2 cm³/mol. The summed E-state index contributed by atoms with van der Waals surface area (Å²) >= 11 is 1.60. The summed E-state index contributed by atoms with van der Waals surface area (Å²) in [7, 11) is 0. The Balaban J connectivity index is 1.84. The molecule has 6 heteroatoms. The van der Waals surface area contributed by atoms with Crippen LogP contribution < -0.4 is 5.32 Å². The molecule has 2 rings (SSSR count). The minimum Gasteiger partial charge on any atom is -0.305 e. The van der Waals surface area contributed by atoms with E-state index in [0.717, 1.165) is 11.4 Å². The molecule has 0 radical (unpaired) electrons. The van der Waals surface area contributed by atoms with Crippen LogP contribution in [0.3, 0.4) is 0 Å². The minimum atomic E-state index is -0.361. The number of likely N-dealkylation sites (tertiary alicyclic amines) is 1. The number of hydrogen-bond donors (Lipinski definition) is 1. The van der Waals surface area contributed by atoms with E-state index in [0.29, 0.717) is 6.54 Å². The molecule has 1 aromatic rings. The van der Waals surface area contributed by atoms with Gasteiger partial charge >= 0.3 is 0 Å². The molecule has 1 unspecified atom stereocenters. The van der Waals surface area contributed by atoms with E-state index in [9.17, 15) is 9.59 Å². The zero-order valence-corrected chi connectivity index (χ0v) is 11.4. The van der Waals surface area contributed by atoms with Crippen molar-refractivity contribution in [3.63, 3.8) is 0 Å². The lowest BCUT2D eigenvalue weighted by Gasteiger charge is -2.19. The van der Waals surface area contributed by atoms with Gasteiger partial charge in [0.05, 0.1) is 17.5 Å². The molecule has 0 aliphatic carbocycles. The Morgan fingerprint density at radius 1 is 1.56 bits per heavy atom. The molecule has 1 aliphatic heterocycles. The van der Waals surface area contributed by atoms with Crippen molar-refractivity contribution in [3.05, 3.63) is 16.6 Å². The van der Waals surface area contributed by atoms with Gasteiger partial charge in [-0.1, -0.05) is 0 Å². The van der Waals surface area contributed by atoms with Crippen LogP contribution in [0.1, 0.15) is 25.3 Å². The molecule has 1 aliphatic rings. The number of nitrogens with zero attached hydrogens (tertiary/aromatic N) is 2. The Morgan fingerprint density at radius 3 is 2.89 bits per heavy atom. The molecule has 2 heterocycles. The molecule has 1 fully saturated rings. The fraction of sp³-hybridized carbons (Fsp3) is 0.583. The molecule has 5 nitrogen and oxygen atoms in total. The Morgan fingerprint density at radius 2 is 2.33 bits per heavy atom. The van der Waals surface area contributed by atoms with Crippen molar-refractivity contribution in [1.29, 1.82) is 0 Å². The van der Waals surface area contributed by atoms with Crippen LogP contribution in [0.15, 0.2) is 11.6 Å². The SMILES string of the molecule is CC(C)N1C(=O)CC(NCCc2nccs2)C1=O. The Kier molecular flexibility index (Phi) is 4.08. The molecule has 0 aromatic carbocycles. The van der Waals surface area contributed by atoms with E-state index >= 15 is 0 Å². The molecule has 0 spiro atoms. The standard InChI is InChI=1S/C12H17N3O2S/c1-8(2)15-11(16)7-9(12(15)17)13-4-3-10-14-5-6-18-10/h5-6,8-9,13H,3-4,7H2,1-2H3. The van der Waals surface area contributed by atoms with E-state index in [-0.39, 0.29) is 30.3 Å². The summed E-state index contributed by atoms with van der Waals surface area (Å²) in [4.78, 5) is 29.2. The average molecular weight is 267 g/mol. The highest BCUT2D eigenvalue weighted by molar-refractivity contribution is 7.09. The Labute approximate surface area is 110 Å². The number of rotatable bonds is 5. The third-order valence-corrected chi connectivity index (χ3v) is 3.75. The van der Waals surface area contributed by atoms with Crippen molar-refractivity contribution in [2.24, 2.45) is 0 Å². The van der Waals surface area contributed by atoms with Gasteiger partial charge in [-0.05, 0) is 13.8 Å². The molecule has 1 saturated heterocycles. The van der Waals surface area contributed by atoms with Crippen LogP contribution >= 0.6 is 11.3 Å². The Hall–Kier alpha value is -1.27. The summed E-state index contributed by atoms with van der Waals surface area (Å²) in [6.45, 7) is 4.38. The molecular weight excluding hydrogens is 250 g/mol. The van der Waals surface area contributed by atoms with E-state index in [1.807, 2.05) is 19.2 Å². The maximum atomic E-state index is 12.0. The number of carbonyl (C=O) groups excluding carboxylic acids is 2. The number of imide groups is 1. The zero-order chi connectivity index (χ0) is 13.1. The van der Waals surface area contributed by atoms with Crippen LogP contribution in [0.4, 0.5) is 0 Å². The maximum absolute atomic E-state index is 12.0. The number of nitrogens with one attached hydrogen (secondary N) is 1. The molecule has 1 atom stereocenters. The van der Waals surface area contributed by atoms with Gasteiger partial charge in [0.2, 0.25) is 11.8 Å². The lowest BCUT2D eigenvalue weighted by molar-refractivity contribution is -0.140. The molecule has 1 N–H and O–H groups in total. The topological polar surface area (TPSA) is 62.3 Å². The minimum absolute atomic E-state index is 0.0595. The van der Waals surface area contributed by atoms with Gasteiger partial charge in [0, 0.05) is 30.6 Å². The summed E-state index contributed by atoms with van der Waals surface area (Å²) in [6.07, 6.45) is 2.83. The first-order valence-electron chi connectivity index (χ1n) is 6.07. The molecule has 98 valence electrons. The van der Waals surface area contributed by atoms with Gasteiger partial charge in [0.1, 0.15) is 0 Å². The number of carbonyl (C=O) groups is 2. The van der Waals surface area contributed by atoms with Gasteiger partial charge in [-0.15, -0.1) is 11.3 Å². The lowest BCUT2D eigenvalue weighted by Crippen LogP contribution is -2.42. The highest BCUT2D eigenvalue weighted by atomic mass is 32.1. The quantitative estimate of drug-likeness (QED) is 0.802. The first-order chi connectivity index (χ1) is 8.59. The van der Waals surface area contributed by atoms with E-state index in [2.05, 4.69) is 10.3 Å². The number of hydrogen-bond acceptors (Lipinski definition) is 5. The average Bonchev–Trinajstić information content (AvgIpc) is 2.88. The second-order valence-corrected chi connectivity index (χ2v) is 5.56. The van der Waals surface area contributed by atoms with Gasteiger partial charge in [-0.25, -0.2) is 4.98 Å². The lowest BCUT2D eigenvalue weighted by atomic mass is 10.2. The molecule has 18 heavy (non-hydrogen) atoms. The van der Waals surface area contributed by atoms with E-state index in [1.165, 1.54) is 4.90 Å². The number of amides is 2. The van der Waals surface area contributed by atoms with Crippen molar-refractivity contribution < 1.29 is 9.59 Å². The summed E-state index contributed by atoms with van der Waals surface area (Å²) in [5, 5.41) is 6.11. The highest BCUT2D eigenvalue weighted by Gasteiger charge is 2.39. The van der Waals surface area contributed by atoms with E-state index in [4.69, 9.17) is 0 Å². The summed E-state index contributed by atoms with van der Waals surface area (Å²) in [5.41, 5.74) is 0. The molecule has 2 amide bonds. The van der Waals surface area contributed by atoms with Gasteiger partial charge in [0.25, 0.3) is 0 Å². The van der Waals surface area contributed by atoms with Crippen molar-refractivity contribution >= 4 is 23.2 Å². The smallest absolute Gasteiger partial charge is 0.247 e. The molecular formula is C12H17N3O2S. The monoisotopic (exact) mass is 267 g/mol. The summed E-state index contributed by atoms with van der Waals surface area (Å²) in [5.74, 6) is -0.184. The normalized spacial score (nSPS) is 20.2. The third-order valence-electron chi connectivity index (χ3n) is 2.91. The summed E-state index contributed by atoms with van der Waals surface area (Å²) < 4.78 is 0. The maximum Gasteiger partial charge on any atom is 0.247 e. The van der Waals surface area contributed by atoms with Gasteiger partial charge < -0.3 is 5.32 Å². The van der Waals surface area contributed by atoms with Crippen molar-refractivity contribution in [3.8, 4) is 0 Å². The van der Waals surface area contributed by atoms with E-state index in [1.54, 1.807) is 17.5 Å². The van der Waals surface area contributed by atoms with Crippen LogP contribution in [0, 0.1) is 0 Å². The zero-order valence-electron chi connectivity index (χ0n) is 10.5. The second kappa shape index (κ2) is 5.58. The van der Waals surface area contributed by atoms with Crippen molar-refractivity contribution in [2.75, 3.05) is 6.54 Å². The molecule has 0 saturated carbocycles. The fourth-order valence-electron chi connectivity index (χ4n) is 2.08. The fourth-order valence-corrected chi connectivity index (χ4v) is 2.70. The molecule has 1 aromatic heterocycles. The first kappa shape index (κ1) is 13.2. The first-order valence-corrected chi connectivity index (χ1v) is 6.95. The van der Waals surface area contributed by atoms with Crippen LogP contribution in [-0.4, -0.2) is 40.3 Å². The van der Waals surface area contributed by atoms with Crippen molar-refractivity contribution in [2.45, 2.75) is 38.8 Å². The van der Waals surface area contributed by atoms with Gasteiger partial charge in [-0.3, -0.25) is 14.5 Å². The van der Waals surface area contributed by atoms with Crippen LogP contribution in [0.5, 0.6) is 0 Å². The predicted octanol–water partition coefficient (Wildman–Crippen LogP) is 0.811. The van der Waals surface area contributed by atoms with Gasteiger partial charge in [0.15, 0.2) is 0 Å². The van der Waals surface area contributed by atoms with Crippen LogP contribution in [-0.2, 0) is 16.0 Å². The molecule has 0 bridgehead atoms. The van der Waals surface area contributed by atoms with Crippen LogP contribution in [0.2, 0.25) is 0 Å². The van der Waals surface area contributed by atoms with Crippen LogP contribution in [0.25, 0.3) is 0 Å². The Bertz CT molecular complexity index is 431. The number of thiazole rings is 1. The highest BCUT2D eigenvalue weighted by Crippen LogP contribution is 2.16. The summed E-state index contributed by atoms with van der Waals surface area (Å²) in [6, 6.07) is -0.421.